The fourth-order valence-electron chi connectivity index (χ4n) is 2.17. The van der Waals surface area contributed by atoms with Gasteiger partial charge in [-0.25, -0.2) is 9.37 Å². The topological polar surface area (TPSA) is 31.0 Å². The van der Waals surface area contributed by atoms with Crippen molar-refractivity contribution in [3.05, 3.63) is 53.0 Å². The van der Waals surface area contributed by atoms with Gasteiger partial charge in [-0.2, -0.15) is 0 Å². The van der Waals surface area contributed by atoms with Crippen molar-refractivity contribution in [2.45, 2.75) is 18.8 Å². The van der Waals surface area contributed by atoms with Crippen molar-refractivity contribution in [3.63, 3.8) is 0 Å². The minimum Gasteiger partial charge on any atom is -0.467 e. The average Bonchev–Trinajstić information content (AvgIpc) is 3.00. The summed E-state index contributed by atoms with van der Waals surface area (Å²) in [6.07, 6.45) is 1.59. The number of rotatable bonds is 3. The first-order valence-corrected chi connectivity index (χ1v) is 6.89. The molecule has 0 N–H and O–H groups in total. The van der Waals surface area contributed by atoms with Crippen molar-refractivity contribution < 1.29 is 8.81 Å². The zero-order valence-corrected chi connectivity index (χ0v) is 12.1. The van der Waals surface area contributed by atoms with Crippen LogP contribution in [-0.2, 0) is 6.54 Å². The molecule has 0 fully saturated rings. The number of alkyl halides is 1. The highest BCUT2D eigenvalue weighted by Crippen LogP contribution is 2.28. The molecule has 2 heterocycles. The van der Waals surface area contributed by atoms with Crippen LogP contribution >= 0.6 is 23.2 Å². The maximum atomic E-state index is 13.7. The Morgan fingerprint density at radius 2 is 2.25 bits per heavy atom. The van der Waals surface area contributed by atoms with Gasteiger partial charge in [0.05, 0.1) is 34.2 Å². The van der Waals surface area contributed by atoms with Crippen LogP contribution in [0.3, 0.4) is 0 Å². The molecule has 0 amide bonds. The monoisotopic (exact) mass is 312 g/mol. The molecule has 0 aliphatic carbocycles. The van der Waals surface area contributed by atoms with E-state index in [-0.39, 0.29) is 10.4 Å². The van der Waals surface area contributed by atoms with E-state index < -0.39 is 5.82 Å². The SMILES string of the molecule is CC(Cl)c1nc2cc(Cl)c(F)cc2n1Cc1ccco1. The molecule has 1 aromatic carbocycles. The molecular weight excluding hydrogens is 302 g/mol. The summed E-state index contributed by atoms with van der Waals surface area (Å²) in [5.74, 6) is 0.923. The highest BCUT2D eigenvalue weighted by molar-refractivity contribution is 6.31. The molecule has 1 unspecified atom stereocenters. The van der Waals surface area contributed by atoms with Crippen LogP contribution in [0, 0.1) is 5.82 Å². The molecule has 20 heavy (non-hydrogen) atoms. The van der Waals surface area contributed by atoms with Crippen LogP contribution in [0.1, 0.15) is 23.9 Å². The summed E-state index contributed by atoms with van der Waals surface area (Å²) in [4.78, 5) is 4.43. The second kappa shape index (κ2) is 5.11. The standard InChI is InChI=1S/C14H11Cl2FN2O/c1-8(15)14-18-12-5-10(16)11(17)6-13(12)19(14)7-9-3-2-4-20-9/h2-6,8H,7H2,1H3. The van der Waals surface area contributed by atoms with Gasteiger partial charge in [0.25, 0.3) is 0 Å². The first-order valence-electron chi connectivity index (χ1n) is 6.08. The first-order chi connectivity index (χ1) is 9.56. The summed E-state index contributed by atoms with van der Waals surface area (Å²) in [6.45, 7) is 2.26. The average molecular weight is 313 g/mol. The third kappa shape index (κ3) is 2.30. The molecule has 0 aliphatic heterocycles. The lowest BCUT2D eigenvalue weighted by Crippen LogP contribution is -2.05. The van der Waals surface area contributed by atoms with Crippen LogP contribution in [0.25, 0.3) is 11.0 Å². The van der Waals surface area contributed by atoms with Gasteiger partial charge in [0, 0.05) is 6.07 Å². The van der Waals surface area contributed by atoms with E-state index in [9.17, 15) is 4.39 Å². The third-order valence-corrected chi connectivity index (χ3v) is 3.55. The maximum Gasteiger partial charge on any atom is 0.144 e. The number of aromatic nitrogens is 2. The Morgan fingerprint density at radius 3 is 2.90 bits per heavy atom. The van der Waals surface area contributed by atoms with Crippen molar-refractivity contribution in [3.8, 4) is 0 Å². The fourth-order valence-corrected chi connectivity index (χ4v) is 2.49. The summed E-state index contributed by atoms with van der Waals surface area (Å²) in [7, 11) is 0. The van der Waals surface area contributed by atoms with E-state index in [0.717, 1.165) is 5.76 Å². The van der Waals surface area contributed by atoms with Gasteiger partial charge in [-0.05, 0) is 25.1 Å². The fraction of sp³-hybridized carbons (Fsp3) is 0.214. The van der Waals surface area contributed by atoms with Crippen LogP contribution in [0.2, 0.25) is 5.02 Å². The summed E-state index contributed by atoms with van der Waals surface area (Å²) >= 11 is 12.0. The number of hydrogen-bond donors (Lipinski definition) is 0. The predicted molar refractivity (Wildman–Crippen MR) is 76.8 cm³/mol. The van der Waals surface area contributed by atoms with Crippen molar-refractivity contribution >= 4 is 34.2 Å². The zero-order valence-electron chi connectivity index (χ0n) is 10.6. The van der Waals surface area contributed by atoms with Gasteiger partial charge in [0.1, 0.15) is 17.4 Å². The molecule has 3 nitrogen and oxygen atoms in total. The number of nitrogens with zero attached hydrogens (tertiary/aromatic N) is 2. The van der Waals surface area contributed by atoms with Crippen molar-refractivity contribution in [1.29, 1.82) is 0 Å². The van der Waals surface area contributed by atoms with Gasteiger partial charge >= 0.3 is 0 Å². The molecule has 0 saturated carbocycles. The number of imidazole rings is 1. The number of benzene rings is 1. The maximum absolute atomic E-state index is 13.7. The second-order valence-electron chi connectivity index (χ2n) is 4.51. The van der Waals surface area contributed by atoms with Gasteiger partial charge < -0.3 is 8.98 Å². The Kier molecular flexibility index (Phi) is 3.44. The summed E-state index contributed by atoms with van der Waals surface area (Å²) < 4.78 is 20.9. The van der Waals surface area contributed by atoms with Gasteiger partial charge in [-0.1, -0.05) is 11.6 Å². The van der Waals surface area contributed by atoms with Crippen LogP contribution in [0.15, 0.2) is 34.9 Å². The van der Waals surface area contributed by atoms with Crippen LogP contribution in [0.5, 0.6) is 0 Å². The Balaban J connectivity index is 2.20. The van der Waals surface area contributed by atoms with Crippen LogP contribution < -0.4 is 0 Å². The Morgan fingerprint density at radius 1 is 1.45 bits per heavy atom. The molecule has 3 aromatic rings. The lowest BCUT2D eigenvalue weighted by Gasteiger charge is -2.08. The minimum atomic E-state index is -0.478. The molecule has 1 atom stereocenters. The quantitative estimate of drug-likeness (QED) is 0.652. The summed E-state index contributed by atoms with van der Waals surface area (Å²) in [5, 5.41) is -0.256. The smallest absolute Gasteiger partial charge is 0.144 e. The molecule has 6 heteroatoms. The Labute approximate surface area is 124 Å². The lowest BCUT2D eigenvalue weighted by molar-refractivity contribution is 0.491. The van der Waals surface area contributed by atoms with Gasteiger partial charge in [-0.3, -0.25) is 0 Å². The second-order valence-corrected chi connectivity index (χ2v) is 5.57. The van der Waals surface area contributed by atoms with Crippen molar-refractivity contribution in [2.75, 3.05) is 0 Å². The van der Waals surface area contributed by atoms with Gasteiger partial charge in [-0.15, -0.1) is 11.6 Å². The van der Waals surface area contributed by atoms with Gasteiger partial charge in [0.15, 0.2) is 0 Å². The summed E-state index contributed by atoms with van der Waals surface area (Å²) in [5.41, 5.74) is 1.26. The van der Waals surface area contributed by atoms with E-state index >= 15 is 0 Å². The molecule has 0 saturated heterocycles. The van der Waals surface area contributed by atoms with E-state index in [4.69, 9.17) is 27.6 Å². The molecule has 0 aliphatic rings. The van der Waals surface area contributed by atoms with E-state index in [2.05, 4.69) is 4.98 Å². The predicted octanol–water partition coefficient (Wildman–Crippen LogP) is 4.77. The molecular formula is C14H11Cl2FN2O. The van der Waals surface area contributed by atoms with Crippen molar-refractivity contribution in [2.24, 2.45) is 0 Å². The van der Waals surface area contributed by atoms with E-state index in [1.54, 1.807) is 12.3 Å². The van der Waals surface area contributed by atoms with Crippen LogP contribution in [0.4, 0.5) is 4.39 Å². The number of hydrogen-bond acceptors (Lipinski definition) is 2. The zero-order chi connectivity index (χ0) is 14.3. The van der Waals surface area contributed by atoms with E-state index in [1.165, 1.54) is 12.1 Å². The molecule has 104 valence electrons. The van der Waals surface area contributed by atoms with E-state index in [1.807, 2.05) is 17.6 Å². The van der Waals surface area contributed by atoms with Gasteiger partial charge in [0.2, 0.25) is 0 Å². The molecule has 3 rings (SSSR count). The summed E-state index contributed by atoms with van der Waals surface area (Å²) in [6, 6.07) is 6.53. The Hall–Kier alpha value is -1.52. The minimum absolute atomic E-state index is 0.0499. The molecule has 0 bridgehead atoms. The van der Waals surface area contributed by atoms with E-state index in [0.29, 0.717) is 23.4 Å². The molecule has 0 radical (unpaired) electrons. The normalized spacial score (nSPS) is 13.0. The number of furan rings is 1. The lowest BCUT2D eigenvalue weighted by atomic mass is 10.3. The number of fused-ring (bicyclic) bond motifs is 1. The highest BCUT2D eigenvalue weighted by Gasteiger charge is 2.17. The molecule has 0 spiro atoms. The molecule has 2 aromatic heterocycles. The van der Waals surface area contributed by atoms with Crippen LogP contribution in [-0.4, -0.2) is 9.55 Å². The van der Waals surface area contributed by atoms with Crippen molar-refractivity contribution in [1.82, 2.24) is 9.55 Å². The number of halogens is 3. The highest BCUT2D eigenvalue weighted by atomic mass is 35.5. The largest absolute Gasteiger partial charge is 0.467 e. The third-order valence-electron chi connectivity index (χ3n) is 3.07. The Bertz CT molecular complexity index is 750. The first kappa shape index (κ1) is 13.5.